The van der Waals surface area contributed by atoms with Crippen LogP contribution in [0.25, 0.3) is 0 Å². The zero-order valence-electron chi connectivity index (χ0n) is 9.15. The Morgan fingerprint density at radius 1 is 1.24 bits per heavy atom. The molecule has 0 saturated heterocycles. The number of hydrogen-bond acceptors (Lipinski definition) is 2. The second-order valence-corrected chi connectivity index (χ2v) is 5.62. The van der Waals surface area contributed by atoms with Gasteiger partial charge in [-0.15, -0.1) is 0 Å². The van der Waals surface area contributed by atoms with Gasteiger partial charge in [0.25, 0.3) is 5.56 Å². The molecular weight excluding hydrogens is 348 g/mol. The van der Waals surface area contributed by atoms with E-state index in [1.54, 1.807) is 23.2 Å². The van der Waals surface area contributed by atoms with E-state index < -0.39 is 0 Å². The lowest BCUT2D eigenvalue weighted by molar-refractivity contribution is 0.746. The van der Waals surface area contributed by atoms with E-state index in [1.807, 2.05) is 19.1 Å². The normalized spacial score (nSPS) is 10.5. The molecule has 17 heavy (non-hydrogen) atoms. The van der Waals surface area contributed by atoms with Crippen LogP contribution in [0.15, 0.2) is 44.5 Å². The molecule has 0 aliphatic carbocycles. The van der Waals surface area contributed by atoms with Crippen molar-refractivity contribution in [2.75, 3.05) is 0 Å². The molecule has 0 unspecified atom stereocenters. The predicted molar refractivity (Wildman–Crippen MR) is 74.2 cm³/mol. The topological polar surface area (TPSA) is 34.9 Å². The fourth-order valence-corrected chi connectivity index (χ4v) is 2.60. The molecule has 3 nitrogen and oxygen atoms in total. The summed E-state index contributed by atoms with van der Waals surface area (Å²) in [6.07, 6.45) is 5.27. The van der Waals surface area contributed by atoms with Gasteiger partial charge in [-0.05, 0) is 56.5 Å². The SMILES string of the molecule is Cc1cc(Br)cn(Cc2cncc(Br)c2)c1=O. The van der Waals surface area contributed by atoms with Crippen molar-refractivity contribution < 1.29 is 0 Å². The van der Waals surface area contributed by atoms with E-state index in [9.17, 15) is 4.79 Å². The van der Waals surface area contributed by atoms with Crippen molar-refractivity contribution in [2.24, 2.45) is 0 Å². The van der Waals surface area contributed by atoms with Gasteiger partial charge in [0.05, 0.1) is 6.54 Å². The molecule has 0 amide bonds. The second-order valence-electron chi connectivity index (χ2n) is 3.79. The van der Waals surface area contributed by atoms with Crippen molar-refractivity contribution >= 4 is 31.9 Å². The van der Waals surface area contributed by atoms with E-state index in [4.69, 9.17) is 0 Å². The third-order valence-electron chi connectivity index (χ3n) is 2.35. The van der Waals surface area contributed by atoms with Gasteiger partial charge in [-0.2, -0.15) is 0 Å². The molecule has 0 aliphatic heterocycles. The lowest BCUT2D eigenvalue weighted by Gasteiger charge is -2.07. The second kappa shape index (κ2) is 5.14. The molecule has 2 heterocycles. The van der Waals surface area contributed by atoms with E-state index in [0.717, 1.165) is 20.1 Å². The molecule has 2 rings (SSSR count). The minimum Gasteiger partial charge on any atom is -0.310 e. The minimum absolute atomic E-state index is 0.0215. The lowest BCUT2D eigenvalue weighted by Crippen LogP contribution is -2.22. The fraction of sp³-hybridized carbons (Fsp3) is 0.167. The molecule has 0 atom stereocenters. The highest BCUT2D eigenvalue weighted by molar-refractivity contribution is 9.10. The fourth-order valence-electron chi connectivity index (χ4n) is 1.60. The molecule has 88 valence electrons. The first-order chi connectivity index (χ1) is 8.06. The summed E-state index contributed by atoms with van der Waals surface area (Å²) in [5.41, 5.74) is 1.73. The number of pyridine rings is 2. The Labute approximate surface area is 116 Å². The number of rotatable bonds is 2. The average Bonchev–Trinajstić information content (AvgIpc) is 2.25. The van der Waals surface area contributed by atoms with Gasteiger partial charge in [-0.3, -0.25) is 9.78 Å². The van der Waals surface area contributed by atoms with Crippen molar-refractivity contribution in [3.63, 3.8) is 0 Å². The number of hydrogen-bond donors (Lipinski definition) is 0. The van der Waals surface area contributed by atoms with E-state index in [0.29, 0.717) is 6.54 Å². The Morgan fingerprint density at radius 2 is 2.00 bits per heavy atom. The quantitative estimate of drug-likeness (QED) is 0.827. The maximum atomic E-state index is 11.9. The molecule has 0 aliphatic rings. The van der Waals surface area contributed by atoms with Gasteiger partial charge in [0.15, 0.2) is 0 Å². The van der Waals surface area contributed by atoms with Crippen molar-refractivity contribution in [1.82, 2.24) is 9.55 Å². The van der Waals surface area contributed by atoms with Crippen LogP contribution in [0.3, 0.4) is 0 Å². The first kappa shape index (κ1) is 12.5. The van der Waals surface area contributed by atoms with Crippen LogP contribution in [0.1, 0.15) is 11.1 Å². The number of aryl methyl sites for hydroxylation is 1. The number of aromatic nitrogens is 2. The van der Waals surface area contributed by atoms with E-state index in [1.165, 1.54) is 0 Å². The predicted octanol–water partition coefficient (Wildman–Crippen LogP) is 3.13. The summed E-state index contributed by atoms with van der Waals surface area (Å²) in [7, 11) is 0. The maximum absolute atomic E-state index is 11.9. The van der Waals surface area contributed by atoms with Crippen LogP contribution >= 0.6 is 31.9 Å². The molecule has 0 aromatic carbocycles. The van der Waals surface area contributed by atoms with Crippen LogP contribution in [-0.4, -0.2) is 9.55 Å². The van der Waals surface area contributed by atoms with Crippen LogP contribution in [-0.2, 0) is 6.54 Å². The summed E-state index contributed by atoms with van der Waals surface area (Å²) in [6, 6.07) is 3.77. The van der Waals surface area contributed by atoms with Crippen LogP contribution < -0.4 is 5.56 Å². The van der Waals surface area contributed by atoms with Gasteiger partial charge < -0.3 is 4.57 Å². The van der Waals surface area contributed by atoms with E-state index >= 15 is 0 Å². The maximum Gasteiger partial charge on any atom is 0.253 e. The molecule has 0 bridgehead atoms. The van der Waals surface area contributed by atoms with E-state index in [2.05, 4.69) is 36.8 Å². The van der Waals surface area contributed by atoms with Gasteiger partial charge in [-0.25, -0.2) is 0 Å². The van der Waals surface area contributed by atoms with Crippen LogP contribution in [0.2, 0.25) is 0 Å². The number of nitrogens with zero attached hydrogens (tertiary/aromatic N) is 2. The van der Waals surface area contributed by atoms with Crippen molar-refractivity contribution in [1.29, 1.82) is 0 Å². The summed E-state index contributed by atoms with van der Waals surface area (Å²) < 4.78 is 3.48. The molecule has 0 fully saturated rings. The summed E-state index contributed by atoms with van der Waals surface area (Å²) in [6.45, 7) is 2.33. The van der Waals surface area contributed by atoms with Gasteiger partial charge >= 0.3 is 0 Å². The molecular formula is C12H10Br2N2O. The van der Waals surface area contributed by atoms with E-state index in [-0.39, 0.29) is 5.56 Å². The standard InChI is InChI=1S/C12H10Br2N2O/c1-8-2-11(14)7-16(12(8)17)6-9-3-10(13)5-15-4-9/h2-5,7H,6H2,1H3. The minimum atomic E-state index is 0.0215. The van der Waals surface area contributed by atoms with Gasteiger partial charge in [-0.1, -0.05) is 0 Å². The summed E-state index contributed by atoms with van der Waals surface area (Å²) >= 11 is 6.75. The average molecular weight is 358 g/mol. The molecule has 2 aromatic rings. The molecule has 5 heteroatoms. The van der Waals surface area contributed by atoms with Gasteiger partial charge in [0.2, 0.25) is 0 Å². The van der Waals surface area contributed by atoms with Crippen LogP contribution in [0, 0.1) is 6.92 Å². The smallest absolute Gasteiger partial charge is 0.253 e. The largest absolute Gasteiger partial charge is 0.310 e. The Balaban J connectivity index is 2.40. The van der Waals surface area contributed by atoms with Crippen molar-refractivity contribution in [2.45, 2.75) is 13.5 Å². The molecule has 2 aromatic heterocycles. The molecule has 0 radical (unpaired) electrons. The Hall–Kier alpha value is -0.940. The summed E-state index contributed by atoms with van der Waals surface area (Å²) in [5.74, 6) is 0. The highest BCUT2D eigenvalue weighted by atomic mass is 79.9. The van der Waals surface area contributed by atoms with Gasteiger partial charge in [0.1, 0.15) is 0 Å². The zero-order valence-corrected chi connectivity index (χ0v) is 12.3. The Bertz CT molecular complexity index is 608. The first-order valence-corrected chi connectivity index (χ1v) is 6.61. The summed E-state index contributed by atoms with van der Waals surface area (Å²) in [5, 5.41) is 0. The monoisotopic (exact) mass is 356 g/mol. The third kappa shape index (κ3) is 3.04. The summed E-state index contributed by atoms with van der Waals surface area (Å²) in [4.78, 5) is 16.0. The Kier molecular flexibility index (Phi) is 3.79. The van der Waals surface area contributed by atoms with Crippen molar-refractivity contribution in [3.8, 4) is 0 Å². The third-order valence-corrected chi connectivity index (χ3v) is 3.21. The molecule has 0 saturated carbocycles. The van der Waals surface area contributed by atoms with Crippen LogP contribution in [0.5, 0.6) is 0 Å². The van der Waals surface area contributed by atoms with Crippen LogP contribution in [0.4, 0.5) is 0 Å². The zero-order chi connectivity index (χ0) is 12.4. The highest BCUT2D eigenvalue weighted by Gasteiger charge is 2.03. The lowest BCUT2D eigenvalue weighted by atomic mass is 10.2. The highest BCUT2D eigenvalue weighted by Crippen LogP contribution is 2.12. The van der Waals surface area contributed by atoms with Crippen molar-refractivity contribution in [3.05, 3.63) is 61.1 Å². The Morgan fingerprint density at radius 3 is 2.71 bits per heavy atom. The number of halogens is 2. The first-order valence-electron chi connectivity index (χ1n) is 5.02. The molecule has 0 N–H and O–H groups in total. The van der Waals surface area contributed by atoms with Gasteiger partial charge in [0, 0.05) is 33.1 Å². The molecule has 0 spiro atoms.